The van der Waals surface area contributed by atoms with Crippen molar-refractivity contribution in [1.29, 1.82) is 0 Å². The third-order valence-corrected chi connectivity index (χ3v) is 2.18. The minimum Gasteiger partial charge on any atom is -0.206 e. The van der Waals surface area contributed by atoms with Gasteiger partial charge in [0.1, 0.15) is 5.82 Å². The zero-order chi connectivity index (χ0) is 9.14. The molecule has 0 N–H and O–H groups in total. The van der Waals surface area contributed by atoms with Gasteiger partial charge in [-0.3, -0.25) is 0 Å². The van der Waals surface area contributed by atoms with Gasteiger partial charge in [-0.1, -0.05) is 32.0 Å². The third kappa shape index (κ3) is 1.66. The van der Waals surface area contributed by atoms with E-state index in [-0.39, 0.29) is 5.82 Å². The van der Waals surface area contributed by atoms with Gasteiger partial charge in [0.15, 0.2) is 0 Å². The second-order valence-corrected chi connectivity index (χ2v) is 3.07. The van der Waals surface area contributed by atoms with E-state index < -0.39 is 0 Å². The van der Waals surface area contributed by atoms with Gasteiger partial charge in [-0.15, -0.1) is 0 Å². The predicted molar refractivity (Wildman–Crippen MR) is 49.4 cm³/mol. The van der Waals surface area contributed by atoms with Gasteiger partial charge in [-0.25, -0.2) is 4.39 Å². The number of hydrogen-bond donors (Lipinski definition) is 0. The Morgan fingerprint density at radius 2 is 2.08 bits per heavy atom. The molecule has 0 saturated heterocycles. The Labute approximate surface area is 73.4 Å². The van der Waals surface area contributed by atoms with Gasteiger partial charge in [0.05, 0.1) is 0 Å². The van der Waals surface area contributed by atoms with Crippen LogP contribution in [0.1, 0.15) is 31.4 Å². The standard InChI is InChI=1S/C11H14F/c1-4-8(2)10-7-5-6-9(3)11(10)12/h5-7H,4H2,1-3H3. The van der Waals surface area contributed by atoms with Crippen LogP contribution in [-0.2, 0) is 0 Å². The predicted octanol–water partition coefficient (Wildman–Crippen LogP) is 3.49. The normalized spacial score (nSPS) is 10.8. The van der Waals surface area contributed by atoms with Gasteiger partial charge in [0.2, 0.25) is 0 Å². The van der Waals surface area contributed by atoms with Crippen LogP contribution >= 0.6 is 0 Å². The number of hydrogen-bond acceptors (Lipinski definition) is 0. The molecule has 0 heterocycles. The first-order valence-electron chi connectivity index (χ1n) is 4.24. The molecule has 0 spiro atoms. The molecule has 0 aliphatic heterocycles. The van der Waals surface area contributed by atoms with Gasteiger partial charge in [-0.05, 0) is 24.5 Å². The van der Waals surface area contributed by atoms with Crippen molar-refractivity contribution in [3.05, 3.63) is 41.1 Å². The fourth-order valence-corrected chi connectivity index (χ4v) is 1.17. The largest absolute Gasteiger partial charge is 0.206 e. The van der Waals surface area contributed by atoms with Gasteiger partial charge < -0.3 is 0 Å². The summed E-state index contributed by atoms with van der Waals surface area (Å²) in [6.45, 7) is 5.80. The van der Waals surface area contributed by atoms with Crippen molar-refractivity contribution in [2.75, 3.05) is 0 Å². The first kappa shape index (κ1) is 9.24. The summed E-state index contributed by atoms with van der Waals surface area (Å²) in [5.41, 5.74) is 1.48. The molecule has 1 heteroatoms. The minimum absolute atomic E-state index is 0.0724. The highest BCUT2D eigenvalue weighted by Gasteiger charge is 2.10. The summed E-state index contributed by atoms with van der Waals surface area (Å²) >= 11 is 0. The van der Waals surface area contributed by atoms with Gasteiger partial charge in [0.25, 0.3) is 0 Å². The van der Waals surface area contributed by atoms with Crippen molar-refractivity contribution < 1.29 is 4.39 Å². The van der Waals surface area contributed by atoms with Crippen LogP contribution < -0.4 is 0 Å². The van der Waals surface area contributed by atoms with Crippen LogP contribution in [0.5, 0.6) is 0 Å². The molecule has 0 fully saturated rings. The molecule has 1 rings (SSSR count). The van der Waals surface area contributed by atoms with E-state index in [2.05, 4.69) is 0 Å². The second-order valence-electron chi connectivity index (χ2n) is 3.07. The van der Waals surface area contributed by atoms with Gasteiger partial charge in [-0.2, -0.15) is 0 Å². The van der Waals surface area contributed by atoms with E-state index in [0.29, 0.717) is 0 Å². The summed E-state index contributed by atoms with van der Waals surface area (Å²) in [5, 5.41) is 0. The number of aryl methyl sites for hydroxylation is 1. The lowest BCUT2D eigenvalue weighted by atomic mass is 9.96. The van der Waals surface area contributed by atoms with E-state index in [0.717, 1.165) is 23.5 Å². The summed E-state index contributed by atoms with van der Waals surface area (Å²) in [5.74, 6) is 1.04. The third-order valence-electron chi connectivity index (χ3n) is 2.18. The topological polar surface area (TPSA) is 0 Å². The second kappa shape index (κ2) is 3.70. The monoisotopic (exact) mass is 165 g/mol. The molecule has 0 bridgehead atoms. The molecule has 1 radical (unpaired) electrons. The average Bonchev–Trinajstić information content (AvgIpc) is 2.08. The molecule has 1 aromatic rings. The Morgan fingerprint density at radius 3 is 2.67 bits per heavy atom. The summed E-state index contributed by atoms with van der Waals surface area (Å²) in [4.78, 5) is 0. The van der Waals surface area contributed by atoms with Crippen molar-refractivity contribution in [3.8, 4) is 0 Å². The van der Waals surface area contributed by atoms with E-state index in [9.17, 15) is 4.39 Å². The molecule has 0 nitrogen and oxygen atoms in total. The summed E-state index contributed by atoms with van der Waals surface area (Å²) in [6, 6.07) is 5.52. The first-order chi connectivity index (χ1) is 5.66. The van der Waals surface area contributed by atoms with Gasteiger partial charge >= 0.3 is 0 Å². The average molecular weight is 165 g/mol. The summed E-state index contributed by atoms with van der Waals surface area (Å²) in [6.07, 6.45) is 0.903. The Bertz CT molecular complexity index is 266. The van der Waals surface area contributed by atoms with Crippen LogP contribution in [0.25, 0.3) is 0 Å². The van der Waals surface area contributed by atoms with Crippen molar-refractivity contribution in [2.24, 2.45) is 0 Å². The Hall–Kier alpha value is -0.850. The molecule has 0 aromatic heterocycles. The molecule has 0 unspecified atom stereocenters. The van der Waals surface area contributed by atoms with Crippen LogP contribution in [-0.4, -0.2) is 0 Å². The maximum absolute atomic E-state index is 13.4. The maximum atomic E-state index is 13.4. The molecule has 0 aliphatic carbocycles. The minimum atomic E-state index is -0.0724. The van der Waals surface area contributed by atoms with E-state index in [1.165, 1.54) is 0 Å². The van der Waals surface area contributed by atoms with E-state index >= 15 is 0 Å². The number of rotatable bonds is 2. The maximum Gasteiger partial charge on any atom is 0.129 e. The Kier molecular flexibility index (Phi) is 2.85. The highest BCUT2D eigenvalue weighted by atomic mass is 19.1. The fraction of sp³-hybridized carbons (Fsp3) is 0.364. The quantitative estimate of drug-likeness (QED) is 0.629. The molecule has 0 atom stereocenters. The molecule has 12 heavy (non-hydrogen) atoms. The first-order valence-corrected chi connectivity index (χ1v) is 4.24. The van der Waals surface area contributed by atoms with Crippen molar-refractivity contribution in [3.63, 3.8) is 0 Å². The van der Waals surface area contributed by atoms with E-state index in [1.54, 1.807) is 13.0 Å². The number of halogens is 1. The summed E-state index contributed by atoms with van der Waals surface area (Å²) in [7, 11) is 0. The van der Waals surface area contributed by atoms with Crippen molar-refractivity contribution in [2.45, 2.75) is 27.2 Å². The molecule has 0 amide bonds. The fourth-order valence-electron chi connectivity index (χ4n) is 1.17. The van der Waals surface area contributed by atoms with E-state index in [1.807, 2.05) is 26.0 Å². The highest BCUT2D eigenvalue weighted by molar-refractivity contribution is 5.34. The van der Waals surface area contributed by atoms with Crippen LogP contribution in [0.15, 0.2) is 18.2 Å². The van der Waals surface area contributed by atoms with Crippen LogP contribution in [0, 0.1) is 18.7 Å². The molecular weight excluding hydrogens is 151 g/mol. The molecule has 1 aromatic carbocycles. The molecular formula is C11H14F. The molecule has 0 saturated carbocycles. The van der Waals surface area contributed by atoms with Crippen LogP contribution in [0.2, 0.25) is 0 Å². The lowest BCUT2D eigenvalue weighted by Crippen LogP contribution is -1.98. The lowest BCUT2D eigenvalue weighted by molar-refractivity contribution is 0.603. The summed E-state index contributed by atoms with van der Waals surface area (Å²) < 4.78 is 13.4. The van der Waals surface area contributed by atoms with Crippen molar-refractivity contribution >= 4 is 0 Å². The van der Waals surface area contributed by atoms with Crippen molar-refractivity contribution in [1.82, 2.24) is 0 Å². The smallest absolute Gasteiger partial charge is 0.129 e. The molecule has 0 aliphatic rings. The molecule has 65 valence electrons. The zero-order valence-corrected chi connectivity index (χ0v) is 7.82. The van der Waals surface area contributed by atoms with Gasteiger partial charge in [0, 0.05) is 5.92 Å². The lowest BCUT2D eigenvalue weighted by Gasteiger charge is -2.10. The Morgan fingerprint density at radius 1 is 1.42 bits per heavy atom. The SMILES string of the molecule is CC[C](C)c1cccc(C)c1F. The zero-order valence-electron chi connectivity index (χ0n) is 7.82. The number of benzene rings is 1. The van der Waals surface area contributed by atoms with Crippen LogP contribution in [0.3, 0.4) is 0 Å². The van der Waals surface area contributed by atoms with E-state index in [4.69, 9.17) is 0 Å². The highest BCUT2D eigenvalue weighted by Crippen LogP contribution is 2.22. The Balaban J connectivity index is 3.07. The van der Waals surface area contributed by atoms with Crippen LogP contribution in [0.4, 0.5) is 4.39 Å².